The average Bonchev–Trinajstić information content (AvgIpc) is 3.08. The lowest BCUT2D eigenvalue weighted by atomic mass is 9.76. The third-order valence-corrected chi connectivity index (χ3v) is 5.44. The summed E-state index contributed by atoms with van der Waals surface area (Å²) in [5.41, 5.74) is 1.88. The number of rotatable bonds is 3. The Morgan fingerprint density at radius 2 is 1.88 bits per heavy atom. The number of nitrogens with zero attached hydrogens (tertiary/aromatic N) is 1. The molecule has 0 bridgehead atoms. The second-order valence-electron chi connectivity index (χ2n) is 6.95. The molecule has 1 aromatic heterocycles. The predicted octanol–water partition coefficient (Wildman–Crippen LogP) is 3.00. The van der Waals surface area contributed by atoms with Gasteiger partial charge in [0.2, 0.25) is 0 Å². The molecule has 1 aliphatic rings. The van der Waals surface area contributed by atoms with Crippen LogP contribution in [0.3, 0.4) is 0 Å². The molecule has 2 heterocycles. The fraction of sp³-hybridized carbons (Fsp3) is 0.412. The van der Waals surface area contributed by atoms with Gasteiger partial charge in [-0.05, 0) is 52.2 Å². The molecule has 5 nitrogen and oxygen atoms in total. The number of hydrogen-bond acceptors (Lipinski definition) is 5. The van der Waals surface area contributed by atoms with Crippen molar-refractivity contribution in [3.05, 3.63) is 40.3 Å². The van der Waals surface area contributed by atoms with E-state index in [9.17, 15) is 4.79 Å². The first-order valence-corrected chi connectivity index (χ1v) is 8.75. The summed E-state index contributed by atoms with van der Waals surface area (Å²) in [6.07, 6.45) is 1.62. The van der Waals surface area contributed by atoms with E-state index in [1.807, 2.05) is 52.8 Å². The Hall–Kier alpha value is -1.70. The highest BCUT2D eigenvalue weighted by molar-refractivity contribution is 7.11. The van der Waals surface area contributed by atoms with Gasteiger partial charge in [0.25, 0.3) is 5.91 Å². The zero-order valence-corrected chi connectivity index (χ0v) is 15.4. The molecule has 7 heteroatoms. The molecule has 1 aromatic carbocycles. The maximum absolute atomic E-state index is 12.2. The van der Waals surface area contributed by atoms with Gasteiger partial charge in [-0.2, -0.15) is 0 Å². The highest BCUT2D eigenvalue weighted by Crippen LogP contribution is 2.36. The Bertz CT molecular complexity index is 743. The zero-order valence-electron chi connectivity index (χ0n) is 14.5. The minimum Gasteiger partial charge on any atom is -0.399 e. The van der Waals surface area contributed by atoms with Crippen LogP contribution >= 0.6 is 11.3 Å². The van der Waals surface area contributed by atoms with Crippen LogP contribution in [0, 0.1) is 6.92 Å². The molecule has 0 atom stereocenters. The molecule has 2 aromatic rings. The summed E-state index contributed by atoms with van der Waals surface area (Å²) in [4.78, 5) is 16.2. The lowest BCUT2D eigenvalue weighted by molar-refractivity contribution is 0.00578. The largest absolute Gasteiger partial charge is 0.495 e. The third kappa shape index (κ3) is 3.11. The van der Waals surface area contributed by atoms with Crippen molar-refractivity contribution in [2.75, 3.05) is 5.32 Å². The van der Waals surface area contributed by atoms with Gasteiger partial charge in [0, 0.05) is 17.3 Å². The van der Waals surface area contributed by atoms with E-state index in [-0.39, 0.29) is 5.91 Å². The highest BCUT2D eigenvalue weighted by Gasteiger charge is 2.52. The molecule has 0 unspecified atom stereocenters. The molecule has 1 N–H and O–H groups in total. The summed E-state index contributed by atoms with van der Waals surface area (Å²) < 4.78 is 12.2. The molecule has 1 saturated heterocycles. The molecule has 24 heavy (non-hydrogen) atoms. The van der Waals surface area contributed by atoms with Crippen LogP contribution in [0.2, 0.25) is 0 Å². The van der Waals surface area contributed by atoms with E-state index in [0.29, 0.717) is 10.7 Å². The fourth-order valence-corrected chi connectivity index (χ4v) is 2.99. The minimum absolute atomic E-state index is 0.214. The van der Waals surface area contributed by atoms with E-state index in [0.717, 1.165) is 11.0 Å². The normalized spacial score (nSPS) is 18.6. The first-order valence-electron chi connectivity index (χ1n) is 7.87. The molecule has 0 saturated carbocycles. The van der Waals surface area contributed by atoms with E-state index in [1.165, 1.54) is 11.3 Å². The molecular weight excluding hydrogens is 323 g/mol. The summed E-state index contributed by atoms with van der Waals surface area (Å²) in [7, 11) is -0.452. The van der Waals surface area contributed by atoms with Crippen LogP contribution in [-0.2, 0) is 9.31 Å². The zero-order chi connectivity index (χ0) is 17.5. The Labute approximate surface area is 146 Å². The quantitative estimate of drug-likeness (QED) is 0.870. The average molecular weight is 344 g/mol. The molecule has 1 fully saturated rings. The van der Waals surface area contributed by atoms with E-state index in [1.54, 1.807) is 11.6 Å². The summed E-state index contributed by atoms with van der Waals surface area (Å²) in [6.45, 7) is 10.1. The van der Waals surface area contributed by atoms with Crippen molar-refractivity contribution in [3.63, 3.8) is 0 Å². The van der Waals surface area contributed by atoms with E-state index < -0.39 is 18.3 Å². The first kappa shape index (κ1) is 17.1. The van der Waals surface area contributed by atoms with Crippen LogP contribution in [0.1, 0.15) is 43.1 Å². The molecule has 0 spiro atoms. The number of anilines is 1. The molecular formula is C17H21BN2O3S. The van der Waals surface area contributed by atoms with Gasteiger partial charge in [-0.25, -0.2) is 4.98 Å². The minimum atomic E-state index is -0.452. The second kappa shape index (κ2) is 5.99. The van der Waals surface area contributed by atoms with Gasteiger partial charge in [-0.1, -0.05) is 11.6 Å². The number of thiazole rings is 1. The lowest BCUT2D eigenvalue weighted by Gasteiger charge is -2.32. The van der Waals surface area contributed by atoms with Crippen molar-refractivity contribution in [2.45, 2.75) is 45.8 Å². The number of carbonyl (C=O) groups excluding carboxylic acids is 1. The Morgan fingerprint density at radius 3 is 2.46 bits per heavy atom. The van der Waals surface area contributed by atoms with Gasteiger partial charge < -0.3 is 14.6 Å². The topological polar surface area (TPSA) is 60.5 Å². The van der Waals surface area contributed by atoms with Crippen molar-refractivity contribution in [3.8, 4) is 0 Å². The molecule has 1 aliphatic heterocycles. The summed E-state index contributed by atoms with van der Waals surface area (Å²) >= 11 is 1.31. The Morgan fingerprint density at radius 1 is 1.21 bits per heavy atom. The molecule has 126 valence electrons. The van der Waals surface area contributed by atoms with Crippen molar-refractivity contribution in [1.82, 2.24) is 4.98 Å². The van der Waals surface area contributed by atoms with Crippen LogP contribution in [0.25, 0.3) is 0 Å². The number of carbonyl (C=O) groups is 1. The number of benzene rings is 1. The van der Waals surface area contributed by atoms with E-state index in [4.69, 9.17) is 9.31 Å². The molecule has 0 aliphatic carbocycles. The highest BCUT2D eigenvalue weighted by atomic mass is 32.1. The maximum atomic E-state index is 12.2. The van der Waals surface area contributed by atoms with Crippen LogP contribution in [0.5, 0.6) is 0 Å². The van der Waals surface area contributed by atoms with Crippen molar-refractivity contribution in [2.24, 2.45) is 0 Å². The van der Waals surface area contributed by atoms with Crippen LogP contribution in [0.15, 0.2) is 29.8 Å². The molecule has 3 rings (SSSR count). The maximum Gasteiger partial charge on any atom is 0.495 e. The standard InChI is InChI=1S/C17H21BN2O3S/c1-11-6-7-12(20-14(21)15-19-8-9-24-15)10-13(11)18-22-16(2,3)17(4,5)23-18/h6-10H,1-5H3,(H,20,21). The summed E-state index contributed by atoms with van der Waals surface area (Å²) in [5, 5.41) is 5.09. The number of amides is 1. The number of hydrogen-bond donors (Lipinski definition) is 1. The van der Waals surface area contributed by atoms with Crippen molar-refractivity contribution >= 4 is 35.5 Å². The second-order valence-corrected chi connectivity index (χ2v) is 7.85. The third-order valence-electron chi connectivity index (χ3n) is 4.67. The number of nitrogens with one attached hydrogen (secondary N) is 1. The Kier molecular flexibility index (Phi) is 4.27. The molecule has 0 radical (unpaired) electrons. The van der Waals surface area contributed by atoms with Gasteiger partial charge >= 0.3 is 7.12 Å². The Balaban J connectivity index is 1.84. The number of aromatic nitrogens is 1. The monoisotopic (exact) mass is 344 g/mol. The smallest absolute Gasteiger partial charge is 0.399 e. The van der Waals surface area contributed by atoms with Crippen LogP contribution in [0.4, 0.5) is 5.69 Å². The predicted molar refractivity (Wildman–Crippen MR) is 97.0 cm³/mol. The van der Waals surface area contributed by atoms with Gasteiger partial charge in [0.05, 0.1) is 11.2 Å². The summed E-state index contributed by atoms with van der Waals surface area (Å²) in [5.74, 6) is -0.214. The fourth-order valence-electron chi connectivity index (χ4n) is 2.46. The van der Waals surface area contributed by atoms with Crippen LogP contribution < -0.4 is 10.8 Å². The summed E-state index contributed by atoms with van der Waals surface area (Å²) in [6, 6.07) is 5.73. The first-order chi connectivity index (χ1) is 11.2. The lowest BCUT2D eigenvalue weighted by Crippen LogP contribution is -2.41. The number of aryl methyl sites for hydroxylation is 1. The van der Waals surface area contributed by atoms with Crippen molar-refractivity contribution < 1.29 is 14.1 Å². The van der Waals surface area contributed by atoms with Gasteiger partial charge in [-0.3, -0.25) is 4.79 Å². The van der Waals surface area contributed by atoms with Gasteiger partial charge in [0.1, 0.15) is 0 Å². The van der Waals surface area contributed by atoms with Gasteiger partial charge in [-0.15, -0.1) is 11.3 Å². The van der Waals surface area contributed by atoms with Crippen LogP contribution in [-0.4, -0.2) is 29.2 Å². The van der Waals surface area contributed by atoms with E-state index >= 15 is 0 Å². The SMILES string of the molecule is Cc1ccc(NC(=O)c2nccs2)cc1B1OC(C)(C)C(C)(C)O1. The van der Waals surface area contributed by atoms with Gasteiger partial charge in [0.15, 0.2) is 5.01 Å². The van der Waals surface area contributed by atoms with E-state index in [2.05, 4.69) is 10.3 Å². The van der Waals surface area contributed by atoms with Crippen molar-refractivity contribution in [1.29, 1.82) is 0 Å². The molecule has 1 amide bonds.